The fourth-order valence-corrected chi connectivity index (χ4v) is 0.726. The van der Waals surface area contributed by atoms with E-state index in [9.17, 15) is 4.79 Å². The lowest BCUT2D eigenvalue weighted by Crippen LogP contribution is -2.40. The highest BCUT2D eigenvalue weighted by Gasteiger charge is 2.24. The number of carbonyl (C=O) groups excluding carboxylic acids is 1. The molecule has 0 radical (unpaired) electrons. The van der Waals surface area contributed by atoms with Crippen molar-refractivity contribution in [1.29, 1.82) is 0 Å². The van der Waals surface area contributed by atoms with Crippen LogP contribution in [0, 0.1) is 10.8 Å². The second-order valence-electron chi connectivity index (χ2n) is 5.23. The smallest absolute Gasteiger partial charge is 0.225 e. The molecule has 0 heterocycles. The molecule has 1 amide bonds. The van der Waals surface area contributed by atoms with Crippen LogP contribution < -0.4 is 5.32 Å². The van der Waals surface area contributed by atoms with Gasteiger partial charge in [0, 0.05) is 17.8 Å². The Morgan fingerprint density at radius 2 is 1.69 bits per heavy atom. The first-order chi connectivity index (χ1) is 5.69. The van der Waals surface area contributed by atoms with Crippen molar-refractivity contribution in [3.63, 3.8) is 0 Å². The maximum Gasteiger partial charge on any atom is 0.225 e. The molecule has 3 heteroatoms. The molecule has 0 atom stereocenters. The summed E-state index contributed by atoms with van der Waals surface area (Å²) in [5.74, 6) is 0.628. The maximum absolute atomic E-state index is 11.5. The predicted molar refractivity (Wildman–Crippen MR) is 57.0 cm³/mol. The first kappa shape index (κ1) is 12.8. The van der Waals surface area contributed by atoms with Gasteiger partial charge in [-0.2, -0.15) is 0 Å². The molecule has 0 saturated carbocycles. The normalized spacial score (nSPS) is 12.8. The highest BCUT2D eigenvalue weighted by atomic mass is 35.5. The Morgan fingerprint density at radius 3 is 2.00 bits per heavy atom. The summed E-state index contributed by atoms with van der Waals surface area (Å²) < 4.78 is 0. The SMILES string of the molecule is CC(C)(CCl)CNC(=O)C(C)(C)C. The van der Waals surface area contributed by atoms with E-state index in [1.807, 2.05) is 34.6 Å². The molecule has 0 aliphatic rings. The predicted octanol–water partition coefficient (Wildman–Crippen LogP) is 2.41. The molecule has 78 valence electrons. The van der Waals surface area contributed by atoms with Gasteiger partial charge in [0.15, 0.2) is 0 Å². The van der Waals surface area contributed by atoms with Gasteiger partial charge in [-0.1, -0.05) is 34.6 Å². The Kier molecular flexibility index (Phi) is 4.24. The highest BCUT2D eigenvalue weighted by molar-refractivity contribution is 6.18. The molecule has 0 rings (SSSR count). The fourth-order valence-electron chi connectivity index (χ4n) is 0.632. The molecule has 0 aromatic rings. The van der Waals surface area contributed by atoms with Gasteiger partial charge in [0.2, 0.25) is 5.91 Å². The van der Waals surface area contributed by atoms with E-state index in [1.54, 1.807) is 0 Å². The summed E-state index contributed by atoms with van der Waals surface area (Å²) in [7, 11) is 0. The molecular formula is C10H20ClNO. The van der Waals surface area contributed by atoms with Gasteiger partial charge >= 0.3 is 0 Å². The Hall–Kier alpha value is -0.240. The molecule has 0 aliphatic heterocycles. The van der Waals surface area contributed by atoms with Gasteiger partial charge in [-0.25, -0.2) is 0 Å². The zero-order valence-electron chi connectivity index (χ0n) is 9.20. The van der Waals surface area contributed by atoms with E-state index in [-0.39, 0.29) is 16.7 Å². The zero-order chi connectivity index (χ0) is 10.7. The van der Waals surface area contributed by atoms with Crippen LogP contribution in [0.15, 0.2) is 0 Å². The van der Waals surface area contributed by atoms with Crippen LogP contribution in [-0.2, 0) is 4.79 Å². The average Bonchev–Trinajstić information content (AvgIpc) is 1.98. The summed E-state index contributed by atoms with van der Waals surface area (Å²) in [5.41, 5.74) is -0.342. The number of hydrogen-bond donors (Lipinski definition) is 1. The third-order valence-electron chi connectivity index (χ3n) is 1.77. The number of carbonyl (C=O) groups is 1. The van der Waals surface area contributed by atoms with Gasteiger partial charge in [0.05, 0.1) is 0 Å². The molecule has 0 bridgehead atoms. The number of alkyl halides is 1. The van der Waals surface area contributed by atoms with Gasteiger partial charge in [-0.3, -0.25) is 4.79 Å². The number of rotatable bonds is 3. The second-order valence-corrected chi connectivity index (χ2v) is 5.50. The number of hydrogen-bond acceptors (Lipinski definition) is 1. The van der Waals surface area contributed by atoms with Crippen LogP contribution in [0.3, 0.4) is 0 Å². The van der Waals surface area contributed by atoms with Crippen LogP contribution in [0.25, 0.3) is 0 Å². The molecule has 0 spiro atoms. The molecule has 13 heavy (non-hydrogen) atoms. The molecule has 0 aliphatic carbocycles. The van der Waals surface area contributed by atoms with Crippen LogP contribution >= 0.6 is 11.6 Å². The van der Waals surface area contributed by atoms with Crippen LogP contribution in [-0.4, -0.2) is 18.3 Å². The van der Waals surface area contributed by atoms with Crippen molar-refractivity contribution in [3.8, 4) is 0 Å². The molecule has 1 N–H and O–H groups in total. The highest BCUT2D eigenvalue weighted by Crippen LogP contribution is 2.17. The first-order valence-corrected chi connectivity index (χ1v) is 5.07. The lowest BCUT2D eigenvalue weighted by atomic mass is 9.93. The van der Waals surface area contributed by atoms with E-state index in [0.717, 1.165) is 0 Å². The van der Waals surface area contributed by atoms with Crippen LogP contribution in [0.5, 0.6) is 0 Å². The third-order valence-corrected chi connectivity index (χ3v) is 2.49. The van der Waals surface area contributed by atoms with Gasteiger partial charge < -0.3 is 5.32 Å². The summed E-state index contributed by atoms with van der Waals surface area (Å²) in [6.45, 7) is 10.4. The lowest BCUT2D eigenvalue weighted by Gasteiger charge is -2.25. The van der Waals surface area contributed by atoms with E-state index in [2.05, 4.69) is 5.32 Å². The van der Waals surface area contributed by atoms with Crippen molar-refractivity contribution < 1.29 is 4.79 Å². The van der Waals surface area contributed by atoms with Crippen molar-refractivity contribution in [2.24, 2.45) is 10.8 Å². The van der Waals surface area contributed by atoms with Crippen LogP contribution in [0.4, 0.5) is 0 Å². The Balaban J connectivity index is 3.98. The summed E-state index contributed by atoms with van der Waals surface area (Å²) in [6, 6.07) is 0. The minimum atomic E-state index is -0.317. The van der Waals surface area contributed by atoms with E-state index in [0.29, 0.717) is 12.4 Å². The van der Waals surface area contributed by atoms with Crippen molar-refractivity contribution in [3.05, 3.63) is 0 Å². The topological polar surface area (TPSA) is 29.1 Å². The molecule has 0 fully saturated rings. The average molecular weight is 206 g/mol. The summed E-state index contributed by atoms with van der Waals surface area (Å²) in [6.07, 6.45) is 0. The monoisotopic (exact) mass is 205 g/mol. The van der Waals surface area contributed by atoms with Crippen LogP contribution in [0.1, 0.15) is 34.6 Å². The van der Waals surface area contributed by atoms with E-state index < -0.39 is 0 Å². The zero-order valence-corrected chi connectivity index (χ0v) is 9.96. The minimum absolute atomic E-state index is 0.0253. The Bertz CT molecular complexity index is 182. The van der Waals surface area contributed by atoms with Gasteiger partial charge in [0.1, 0.15) is 0 Å². The standard InChI is InChI=1S/C10H20ClNO/c1-9(2,3)8(13)12-7-10(4,5)6-11/h6-7H2,1-5H3,(H,12,13). The fraction of sp³-hybridized carbons (Fsp3) is 0.900. The van der Waals surface area contributed by atoms with Gasteiger partial charge in [-0.15, -0.1) is 11.6 Å². The van der Waals surface area contributed by atoms with Crippen LogP contribution in [0.2, 0.25) is 0 Å². The van der Waals surface area contributed by atoms with Crippen molar-refractivity contribution in [1.82, 2.24) is 5.32 Å². The Labute approximate surface area is 86.0 Å². The largest absolute Gasteiger partial charge is 0.355 e. The molecule has 0 unspecified atom stereocenters. The minimum Gasteiger partial charge on any atom is -0.355 e. The van der Waals surface area contributed by atoms with Crippen molar-refractivity contribution >= 4 is 17.5 Å². The second kappa shape index (κ2) is 4.32. The Morgan fingerprint density at radius 1 is 1.23 bits per heavy atom. The molecule has 2 nitrogen and oxygen atoms in total. The quantitative estimate of drug-likeness (QED) is 0.705. The summed E-state index contributed by atoms with van der Waals surface area (Å²) >= 11 is 5.74. The van der Waals surface area contributed by atoms with Crippen molar-refractivity contribution in [2.45, 2.75) is 34.6 Å². The van der Waals surface area contributed by atoms with Gasteiger partial charge in [0.25, 0.3) is 0 Å². The molecule has 0 aromatic heterocycles. The van der Waals surface area contributed by atoms with E-state index >= 15 is 0 Å². The number of halogens is 1. The maximum atomic E-state index is 11.5. The third kappa shape index (κ3) is 5.14. The van der Waals surface area contributed by atoms with Crippen molar-refractivity contribution in [2.75, 3.05) is 12.4 Å². The van der Waals surface area contributed by atoms with Gasteiger partial charge in [-0.05, 0) is 5.41 Å². The molecule has 0 saturated heterocycles. The summed E-state index contributed by atoms with van der Waals surface area (Å²) in [4.78, 5) is 11.5. The number of nitrogens with one attached hydrogen (secondary N) is 1. The summed E-state index contributed by atoms with van der Waals surface area (Å²) in [5, 5.41) is 2.89. The molecular weight excluding hydrogens is 186 g/mol. The lowest BCUT2D eigenvalue weighted by molar-refractivity contribution is -0.128. The molecule has 0 aromatic carbocycles. The number of amides is 1. The van der Waals surface area contributed by atoms with E-state index in [4.69, 9.17) is 11.6 Å². The first-order valence-electron chi connectivity index (χ1n) is 4.53. The van der Waals surface area contributed by atoms with E-state index in [1.165, 1.54) is 0 Å².